The van der Waals surface area contributed by atoms with E-state index in [0.717, 1.165) is 17.7 Å². The Morgan fingerprint density at radius 2 is 1.76 bits per heavy atom. The zero-order valence-corrected chi connectivity index (χ0v) is 12.1. The quantitative estimate of drug-likeness (QED) is 0.910. The number of rotatable bonds is 5. The van der Waals surface area contributed by atoms with E-state index in [4.69, 9.17) is 4.74 Å². The highest BCUT2D eigenvalue weighted by molar-refractivity contribution is 5.94. The van der Waals surface area contributed by atoms with Crippen LogP contribution in [0.4, 0.5) is 4.39 Å². The van der Waals surface area contributed by atoms with Crippen molar-refractivity contribution in [2.24, 2.45) is 0 Å². The molecule has 0 saturated carbocycles. The molecule has 0 saturated heterocycles. The summed E-state index contributed by atoms with van der Waals surface area (Å²) >= 11 is 0. The lowest BCUT2D eigenvalue weighted by Gasteiger charge is -2.18. The summed E-state index contributed by atoms with van der Waals surface area (Å²) < 4.78 is 18.0. The number of amides is 1. The highest BCUT2D eigenvalue weighted by Crippen LogP contribution is 2.20. The van der Waals surface area contributed by atoms with E-state index in [1.54, 1.807) is 7.11 Å². The predicted molar refractivity (Wildman–Crippen MR) is 79.9 cm³/mol. The van der Waals surface area contributed by atoms with Gasteiger partial charge in [-0.05, 0) is 48.4 Å². The summed E-state index contributed by atoms with van der Waals surface area (Å²) in [6, 6.07) is 13.0. The number of hydrogen-bond donors (Lipinski definition) is 1. The number of hydrogen-bond acceptors (Lipinski definition) is 2. The van der Waals surface area contributed by atoms with Crippen LogP contribution in [0.2, 0.25) is 0 Å². The summed E-state index contributed by atoms with van der Waals surface area (Å²) in [5, 5.41) is 2.95. The topological polar surface area (TPSA) is 38.3 Å². The Balaban J connectivity index is 2.10. The van der Waals surface area contributed by atoms with Gasteiger partial charge in [0.15, 0.2) is 0 Å². The van der Waals surface area contributed by atoms with E-state index in [0.29, 0.717) is 5.56 Å². The van der Waals surface area contributed by atoms with Crippen molar-refractivity contribution in [3.63, 3.8) is 0 Å². The molecule has 1 atom stereocenters. The predicted octanol–water partition coefficient (Wildman–Crippen LogP) is 3.72. The number of carbonyl (C=O) groups is 1. The van der Waals surface area contributed by atoms with Crippen LogP contribution in [0.25, 0.3) is 0 Å². The van der Waals surface area contributed by atoms with Crippen LogP contribution in [0.3, 0.4) is 0 Å². The van der Waals surface area contributed by atoms with Gasteiger partial charge in [0.2, 0.25) is 0 Å². The van der Waals surface area contributed by atoms with Gasteiger partial charge in [0.1, 0.15) is 11.6 Å². The van der Waals surface area contributed by atoms with Gasteiger partial charge in [-0.25, -0.2) is 4.39 Å². The first-order valence-corrected chi connectivity index (χ1v) is 6.84. The molecule has 0 aliphatic carbocycles. The molecule has 0 aliphatic heterocycles. The van der Waals surface area contributed by atoms with E-state index >= 15 is 0 Å². The third-order valence-electron chi connectivity index (χ3n) is 3.34. The van der Waals surface area contributed by atoms with E-state index in [9.17, 15) is 9.18 Å². The van der Waals surface area contributed by atoms with Gasteiger partial charge in [-0.3, -0.25) is 4.79 Å². The van der Waals surface area contributed by atoms with Crippen LogP contribution in [-0.4, -0.2) is 13.0 Å². The van der Waals surface area contributed by atoms with E-state index in [-0.39, 0.29) is 17.8 Å². The Morgan fingerprint density at radius 3 is 2.29 bits per heavy atom. The Kier molecular flexibility index (Phi) is 4.93. The van der Waals surface area contributed by atoms with Gasteiger partial charge in [-0.2, -0.15) is 0 Å². The minimum atomic E-state index is -0.353. The molecule has 110 valence electrons. The van der Waals surface area contributed by atoms with Crippen LogP contribution in [-0.2, 0) is 0 Å². The molecule has 0 fully saturated rings. The summed E-state index contributed by atoms with van der Waals surface area (Å²) in [4.78, 5) is 12.2. The molecule has 1 amide bonds. The average Bonchev–Trinajstić information content (AvgIpc) is 2.53. The lowest BCUT2D eigenvalue weighted by Crippen LogP contribution is -2.28. The van der Waals surface area contributed by atoms with Crippen LogP contribution in [0.5, 0.6) is 5.75 Å². The fourth-order valence-corrected chi connectivity index (χ4v) is 2.10. The summed E-state index contributed by atoms with van der Waals surface area (Å²) in [5.41, 5.74) is 1.46. The normalized spacial score (nSPS) is 11.8. The minimum Gasteiger partial charge on any atom is -0.497 e. The van der Waals surface area contributed by atoms with Crippen molar-refractivity contribution in [3.05, 3.63) is 65.5 Å². The first kappa shape index (κ1) is 15.0. The third-order valence-corrected chi connectivity index (χ3v) is 3.34. The van der Waals surface area contributed by atoms with E-state index in [1.807, 2.05) is 31.2 Å². The van der Waals surface area contributed by atoms with Crippen molar-refractivity contribution in [3.8, 4) is 5.75 Å². The molecule has 3 nitrogen and oxygen atoms in total. The Bertz CT molecular complexity index is 593. The second-order valence-corrected chi connectivity index (χ2v) is 4.71. The van der Waals surface area contributed by atoms with Gasteiger partial charge < -0.3 is 10.1 Å². The molecule has 4 heteroatoms. The van der Waals surface area contributed by atoms with E-state index < -0.39 is 0 Å². The molecular weight excluding hydrogens is 269 g/mol. The van der Waals surface area contributed by atoms with Crippen molar-refractivity contribution < 1.29 is 13.9 Å². The zero-order chi connectivity index (χ0) is 15.2. The number of ether oxygens (including phenoxy) is 1. The van der Waals surface area contributed by atoms with Crippen LogP contribution in [0.15, 0.2) is 48.5 Å². The monoisotopic (exact) mass is 287 g/mol. The first-order chi connectivity index (χ1) is 10.1. The van der Waals surface area contributed by atoms with Gasteiger partial charge in [0, 0.05) is 5.56 Å². The van der Waals surface area contributed by atoms with Crippen LogP contribution >= 0.6 is 0 Å². The Morgan fingerprint density at radius 1 is 1.14 bits per heavy atom. The molecule has 1 N–H and O–H groups in total. The van der Waals surface area contributed by atoms with Gasteiger partial charge in [-0.1, -0.05) is 19.1 Å². The molecular formula is C17H18FNO2. The average molecular weight is 287 g/mol. The molecule has 0 bridgehead atoms. The Hall–Kier alpha value is -2.36. The molecule has 21 heavy (non-hydrogen) atoms. The van der Waals surface area contributed by atoms with Crippen molar-refractivity contribution in [1.29, 1.82) is 0 Å². The third kappa shape index (κ3) is 3.81. The molecule has 0 spiro atoms. The molecule has 0 heterocycles. The second-order valence-electron chi connectivity index (χ2n) is 4.71. The number of carbonyl (C=O) groups excluding carboxylic acids is 1. The summed E-state index contributed by atoms with van der Waals surface area (Å²) in [5.74, 6) is 0.213. The molecule has 2 aromatic carbocycles. The lowest BCUT2D eigenvalue weighted by atomic mass is 10.0. The largest absolute Gasteiger partial charge is 0.497 e. The van der Waals surface area contributed by atoms with Gasteiger partial charge in [0.05, 0.1) is 13.2 Å². The smallest absolute Gasteiger partial charge is 0.251 e. The van der Waals surface area contributed by atoms with E-state index in [2.05, 4.69) is 5.32 Å². The molecule has 0 radical (unpaired) electrons. The summed E-state index contributed by atoms with van der Waals surface area (Å²) in [6.07, 6.45) is 0.763. The van der Waals surface area contributed by atoms with Gasteiger partial charge >= 0.3 is 0 Å². The maximum atomic E-state index is 12.9. The van der Waals surface area contributed by atoms with Crippen molar-refractivity contribution in [2.45, 2.75) is 19.4 Å². The van der Waals surface area contributed by atoms with Gasteiger partial charge in [0.25, 0.3) is 5.91 Å². The molecule has 2 aromatic rings. The SMILES string of the molecule is CCC(NC(=O)c1ccc(F)cc1)c1ccc(OC)cc1. The standard InChI is InChI=1S/C17H18FNO2/c1-3-16(12-6-10-15(21-2)11-7-12)19-17(20)13-4-8-14(18)9-5-13/h4-11,16H,3H2,1-2H3,(H,19,20). The van der Waals surface area contributed by atoms with Crippen LogP contribution in [0, 0.1) is 5.82 Å². The number of halogens is 1. The highest BCUT2D eigenvalue weighted by atomic mass is 19.1. The van der Waals surface area contributed by atoms with Crippen LogP contribution in [0.1, 0.15) is 35.3 Å². The maximum Gasteiger partial charge on any atom is 0.251 e. The summed E-state index contributed by atoms with van der Waals surface area (Å²) in [7, 11) is 1.61. The lowest BCUT2D eigenvalue weighted by molar-refractivity contribution is 0.0935. The number of methoxy groups -OCH3 is 1. The second kappa shape index (κ2) is 6.88. The van der Waals surface area contributed by atoms with Gasteiger partial charge in [-0.15, -0.1) is 0 Å². The number of benzene rings is 2. The Labute approximate surface area is 123 Å². The van der Waals surface area contributed by atoms with Crippen molar-refractivity contribution >= 4 is 5.91 Å². The molecule has 0 aromatic heterocycles. The highest BCUT2D eigenvalue weighted by Gasteiger charge is 2.14. The fourth-order valence-electron chi connectivity index (χ4n) is 2.10. The molecule has 1 unspecified atom stereocenters. The molecule has 2 rings (SSSR count). The molecule has 0 aliphatic rings. The number of nitrogens with one attached hydrogen (secondary N) is 1. The van der Waals surface area contributed by atoms with Crippen LogP contribution < -0.4 is 10.1 Å². The first-order valence-electron chi connectivity index (χ1n) is 6.84. The maximum absolute atomic E-state index is 12.9. The van der Waals surface area contributed by atoms with E-state index in [1.165, 1.54) is 24.3 Å². The zero-order valence-electron chi connectivity index (χ0n) is 12.1. The van der Waals surface area contributed by atoms with Crippen molar-refractivity contribution in [1.82, 2.24) is 5.32 Å². The minimum absolute atomic E-state index is 0.0894. The fraction of sp³-hybridized carbons (Fsp3) is 0.235. The summed E-state index contributed by atoms with van der Waals surface area (Å²) in [6.45, 7) is 2.00. The van der Waals surface area contributed by atoms with Crippen molar-refractivity contribution in [2.75, 3.05) is 7.11 Å².